The molecule has 0 amide bonds. The van der Waals surface area contributed by atoms with E-state index < -0.39 is 193 Å². The van der Waals surface area contributed by atoms with E-state index in [1.165, 1.54) is 0 Å². The zero-order valence-corrected chi connectivity index (χ0v) is 47.5. The molecule has 0 radical (unpaired) electrons. The van der Waals surface area contributed by atoms with Gasteiger partial charge in [-0.25, -0.2) is 14.4 Å². The van der Waals surface area contributed by atoms with Gasteiger partial charge in [0.2, 0.25) is 0 Å². The standard InChI is InChI=1S/C57H88O23/c1-11-25(3)47(71)79-44-45(80-48(72)26(4)12-2)57(24-61)28(19-52(44,5)6)27-13-14-32-53(7)17-16-34(54(8,23-60)31(53)15-18-55(32,9)56(27,10)20-33(57)62)75-51-43(78-50-39(67)37(65)35(63)29(21-58)73-50)41(40(68)42(77-51)46(69)70)76-49-38(66)36(64)30(22-59)74-49/h11-13,28-45,49-51,58-68H,14-24H2,1-10H3,(H,69,70)/b25-11-,26-12-/t28?,29?,30-,31?,32?,33+,34-,35+,36?,37?,38?,39?,40-,41?,42?,43?,44-,45-,49-,50-,51+,53-,54+,55+,56+,57-/m0/s1. The van der Waals surface area contributed by atoms with Crippen molar-refractivity contribution in [1.29, 1.82) is 0 Å². The van der Waals surface area contributed by atoms with Gasteiger partial charge in [-0.1, -0.05) is 65.3 Å². The van der Waals surface area contributed by atoms with Crippen molar-refractivity contribution in [1.82, 2.24) is 0 Å². The number of hydrogen-bond donors (Lipinski definition) is 12. The van der Waals surface area contributed by atoms with Crippen LogP contribution in [0.2, 0.25) is 0 Å². The summed E-state index contributed by atoms with van der Waals surface area (Å²) in [6.45, 7) is 16.4. The topological polar surface area (TPSA) is 368 Å². The maximum atomic E-state index is 13.8. The van der Waals surface area contributed by atoms with E-state index in [9.17, 15) is 75.7 Å². The Hall–Kier alpha value is -3.05. The third-order valence-electron chi connectivity index (χ3n) is 21.4. The summed E-state index contributed by atoms with van der Waals surface area (Å²) in [4.78, 5) is 40.3. The van der Waals surface area contributed by atoms with Crippen LogP contribution in [0.15, 0.2) is 34.9 Å². The zero-order chi connectivity index (χ0) is 59.1. The maximum absolute atomic E-state index is 13.8. The molecule has 23 heteroatoms. The SMILES string of the molecule is C/C=C(/C)C(=O)O[C@H]1[C@H](OC(=O)/C(C)=C\C)[C@@]2(CO)C(CC1(C)C)C1=CCC3[C@@]4(C)CC[C@H](O[C@@H]5OC(C(=O)O)[C@@H](O)C(O[C@@H]6O[C@@H](CO)C(O)C6O)C5O[C@@H]5OC(CO)[C@@H](O)C(O)C5O)[C@](C)(CO)C4CC[C@@]3(C)[C@]1(C)C[C@H]2O. The van der Waals surface area contributed by atoms with Crippen molar-refractivity contribution < 1.29 is 114 Å². The first kappa shape index (κ1) is 63.0. The lowest BCUT2D eigenvalue weighted by molar-refractivity contribution is -0.387. The van der Waals surface area contributed by atoms with E-state index in [0.717, 1.165) is 5.57 Å². The van der Waals surface area contributed by atoms with Gasteiger partial charge in [0, 0.05) is 22.0 Å². The summed E-state index contributed by atoms with van der Waals surface area (Å²) in [5, 5.41) is 133. The largest absolute Gasteiger partial charge is 0.479 e. The van der Waals surface area contributed by atoms with Gasteiger partial charge in [0.05, 0.1) is 44.1 Å². The molecule has 7 fully saturated rings. The molecule has 4 saturated carbocycles. The quantitative estimate of drug-likeness (QED) is 0.0453. The molecule has 11 unspecified atom stereocenters. The van der Waals surface area contributed by atoms with Gasteiger partial charge in [-0.15, -0.1) is 0 Å². The second-order valence-corrected chi connectivity index (χ2v) is 25.8. The molecule has 80 heavy (non-hydrogen) atoms. The van der Waals surface area contributed by atoms with Crippen LogP contribution in [0.25, 0.3) is 0 Å². The molecule has 3 saturated heterocycles. The van der Waals surface area contributed by atoms with E-state index in [2.05, 4.69) is 26.8 Å². The molecular formula is C57H88O23. The number of aliphatic hydroxyl groups excluding tert-OH is 11. The smallest absolute Gasteiger partial charge is 0.335 e. The van der Waals surface area contributed by atoms with Crippen LogP contribution < -0.4 is 0 Å². The summed E-state index contributed by atoms with van der Waals surface area (Å²) in [5.74, 6) is -3.87. The first-order chi connectivity index (χ1) is 37.5. The van der Waals surface area contributed by atoms with Gasteiger partial charge in [-0.2, -0.15) is 0 Å². The minimum Gasteiger partial charge on any atom is -0.479 e. The number of carbonyl (C=O) groups is 3. The Balaban J connectivity index is 1.14. The van der Waals surface area contributed by atoms with Crippen molar-refractivity contribution >= 4 is 17.9 Å². The van der Waals surface area contributed by atoms with Gasteiger partial charge in [0.25, 0.3) is 0 Å². The first-order valence-electron chi connectivity index (χ1n) is 28.2. The lowest BCUT2D eigenvalue weighted by Crippen LogP contribution is -2.72. The Bertz CT molecular complexity index is 2380. The van der Waals surface area contributed by atoms with Gasteiger partial charge in [-0.3, -0.25) is 0 Å². The fourth-order valence-corrected chi connectivity index (χ4v) is 16.2. The molecular weight excluding hydrogens is 1050 g/mol. The van der Waals surface area contributed by atoms with Gasteiger partial charge >= 0.3 is 17.9 Å². The summed E-state index contributed by atoms with van der Waals surface area (Å²) < 4.78 is 49.0. The van der Waals surface area contributed by atoms with E-state index in [-0.39, 0.29) is 24.7 Å². The lowest BCUT2D eigenvalue weighted by Gasteiger charge is -2.72. The van der Waals surface area contributed by atoms with Crippen molar-refractivity contribution in [2.24, 2.45) is 50.2 Å². The Kier molecular flexibility index (Phi) is 18.2. The third-order valence-corrected chi connectivity index (χ3v) is 21.4. The van der Waals surface area contributed by atoms with Crippen molar-refractivity contribution in [3.8, 4) is 0 Å². The summed E-state index contributed by atoms with van der Waals surface area (Å²) in [6, 6.07) is 0. The van der Waals surface area contributed by atoms with Crippen LogP contribution in [0.4, 0.5) is 0 Å². The Labute approximate surface area is 466 Å². The van der Waals surface area contributed by atoms with Crippen LogP contribution in [0, 0.1) is 50.2 Å². The van der Waals surface area contributed by atoms with Crippen LogP contribution in [0.5, 0.6) is 0 Å². The van der Waals surface area contributed by atoms with Gasteiger partial charge < -0.3 is 99.2 Å². The average molecular weight is 1140 g/mol. The fraction of sp³-hybridized carbons (Fsp3) is 0.842. The molecule has 12 N–H and O–H groups in total. The summed E-state index contributed by atoms with van der Waals surface area (Å²) in [5.41, 5.74) is -3.55. The number of carboxylic acid groups (broad SMARTS) is 1. The van der Waals surface area contributed by atoms with E-state index in [1.807, 2.05) is 20.8 Å². The molecule has 3 heterocycles. The number of ether oxygens (including phenoxy) is 8. The van der Waals surface area contributed by atoms with Crippen molar-refractivity contribution in [3.63, 3.8) is 0 Å². The number of carboxylic acids is 1. The van der Waals surface area contributed by atoms with Gasteiger partial charge in [-0.05, 0) is 107 Å². The van der Waals surface area contributed by atoms with Crippen LogP contribution in [-0.4, -0.2) is 216 Å². The Morgan fingerprint density at radius 3 is 1.73 bits per heavy atom. The molecule has 0 aromatic heterocycles. The van der Waals surface area contributed by atoms with E-state index >= 15 is 0 Å². The molecule has 8 aliphatic rings. The molecule has 8 rings (SSSR count). The monoisotopic (exact) mass is 1140 g/mol. The van der Waals surface area contributed by atoms with Crippen molar-refractivity contribution in [2.45, 2.75) is 225 Å². The predicted octanol–water partition coefficient (Wildman–Crippen LogP) is 0.264. The first-order valence-corrected chi connectivity index (χ1v) is 28.2. The molecule has 26 atom stereocenters. The second-order valence-electron chi connectivity index (χ2n) is 25.8. The molecule has 0 spiro atoms. The highest BCUT2D eigenvalue weighted by molar-refractivity contribution is 5.89. The normalized spacial score (nSPS) is 49.3. The van der Waals surface area contributed by atoms with E-state index in [4.69, 9.17) is 37.9 Å². The van der Waals surface area contributed by atoms with Crippen molar-refractivity contribution in [2.75, 3.05) is 26.4 Å². The fourth-order valence-electron chi connectivity index (χ4n) is 16.2. The summed E-state index contributed by atoms with van der Waals surface area (Å²) in [7, 11) is 0. The van der Waals surface area contributed by atoms with Gasteiger partial charge in [0.15, 0.2) is 31.1 Å². The van der Waals surface area contributed by atoms with E-state index in [1.54, 1.807) is 39.8 Å². The highest BCUT2D eigenvalue weighted by atomic mass is 16.8. The number of allylic oxidation sites excluding steroid dienone is 4. The molecule has 0 aromatic carbocycles. The minimum atomic E-state index is -2.15. The summed E-state index contributed by atoms with van der Waals surface area (Å²) >= 11 is 0. The number of carbonyl (C=O) groups excluding carboxylic acids is 2. The molecule has 23 nitrogen and oxygen atoms in total. The minimum absolute atomic E-state index is 0.0864. The highest BCUT2D eigenvalue weighted by Gasteiger charge is 2.74. The van der Waals surface area contributed by atoms with E-state index in [0.29, 0.717) is 43.3 Å². The third kappa shape index (κ3) is 9.95. The predicted molar refractivity (Wildman–Crippen MR) is 277 cm³/mol. The van der Waals surface area contributed by atoms with Crippen LogP contribution in [0.3, 0.4) is 0 Å². The van der Waals surface area contributed by atoms with Crippen molar-refractivity contribution in [3.05, 3.63) is 34.9 Å². The van der Waals surface area contributed by atoms with Gasteiger partial charge in [0.1, 0.15) is 67.1 Å². The van der Waals surface area contributed by atoms with Crippen LogP contribution in [-0.2, 0) is 52.3 Å². The number of fused-ring (bicyclic) bond motifs is 7. The molecule has 0 bridgehead atoms. The zero-order valence-electron chi connectivity index (χ0n) is 47.5. The average Bonchev–Trinajstić information content (AvgIpc) is 3.85. The maximum Gasteiger partial charge on any atom is 0.335 e. The molecule has 3 aliphatic heterocycles. The number of rotatable bonds is 15. The molecule has 454 valence electrons. The Morgan fingerprint density at radius 2 is 1.19 bits per heavy atom. The number of aliphatic hydroxyl groups is 11. The Morgan fingerprint density at radius 1 is 0.637 bits per heavy atom. The number of aliphatic carboxylic acids is 1. The highest BCUT2D eigenvalue weighted by Crippen LogP contribution is 2.76. The summed E-state index contributed by atoms with van der Waals surface area (Å²) in [6.07, 6.45) is -21.9. The number of hydrogen-bond acceptors (Lipinski definition) is 22. The second kappa shape index (κ2) is 23.1. The molecule has 5 aliphatic carbocycles. The van der Waals surface area contributed by atoms with Crippen LogP contribution in [0.1, 0.15) is 114 Å². The van der Waals surface area contributed by atoms with Crippen LogP contribution >= 0.6 is 0 Å². The number of esters is 2. The molecule has 0 aromatic rings. The lowest BCUT2D eigenvalue weighted by atomic mass is 9.33.